The molecule has 0 spiro atoms. The van der Waals surface area contributed by atoms with Crippen LogP contribution in [0.5, 0.6) is 17.2 Å². The van der Waals surface area contributed by atoms with Gasteiger partial charge in [-0.1, -0.05) is 12.1 Å². The Morgan fingerprint density at radius 1 is 1.04 bits per heavy atom. The third kappa shape index (κ3) is 4.62. The fraction of sp³-hybridized carbons (Fsp3) is 0.238. The molecule has 3 aromatic rings. The lowest BCUT2D eigenvalue weighted by Gasteiger charge is -2.10. The monoisotopic (exact) mass is 382 g/mol. The lowest BCUT2D eigenvalue weighted by atomic mass is 10.2. The highest BCUT2D eigenvalue weighted by molar-refractivity contribution is 5.91. The molecular formula is C21H22N2O5. The van der Waals surface area contributed by atoms with Crippen molar-refractivity contribution in [2.75, 3.05) is 26.6 Å². The van der Waals surface area contributed by atoms with Crippen LogP contribution < -0.4 is 19.5 Å². The molecule has 0 atom stereocenters. The minimum atomic E-state index is -0.145. The van der Waals surface area contributed by atoms with Crippen molar-refractivity contribution in [1.82, 2.24) is 4.98 Å². The van der Waals surface area contributed by atoms with E-state index in [1.807, 2.05) is 24.3 Å². The van der Waals surface area contributed by atoms with E-state index in [0.717, 1.165) is 11.3 Å². The van der Waals surface area contributed by atoms with Crippen LogP contribution in [-0.4, -0.2) is 32.2 Å². The average molecular weight is 382 g/mol. The smallest absolute Gasteiger partial charge is 0.224 e. The topological polar surface area (TPSA) is 82.8 Å². The molecule has 0 saturated carbocycles. The van der Waals surface area contributed by atoms with Crippen LogP contribution in [0, 0.1) is 0 Å². The Hall–Kier alpha value is -3.48. The molecule has 146 valence electrons. The lowest BCUT2D eigenvalue weighted by Crippen LogP contribution is -2.12. The van der Waals surface area contributed by atoms with Crippen LogP contribution >= 0.6 is 0 Å². The van der Waals surface area contributed by atoms with Crippen molar-refractivity contribution in [3.8, 4) is 28.6 Å². The van der Waals surface area contributed by atoms with Crippen molar-refractivity contribution in [1.29, 1.82) is 0 Å². The first-order valence-electron chi connectivity index (χ1n) is 8.74. The zero-order chi connectivity index (χ0) is 19.9. The number of carbonyl (C=O) groups excluding carboxylic acids is 1. The average Bonchev–Trinajstić information content (AvgIpc) is 3.21. The van der Waals surface area contributed by atoms with E-state index >= 15 is 0 Å². The normalized spacial score (nSPS) is 10.4. The number of methoxy groups -OCH3 is 3. The molecule has 1 N–H and O–H groups in total. The first-order chi connectivity index (χ1) is 13.6. The number of hydrogen-bond acceptors (Lipinski definition) is 6. The second kappa shape index (κ2) is 8.94. The van der Waals surface area contributed by atoms with Gasteiger partial charge in [0, 0.05) is 30.2 Å². The molecule has 0 unspecified atom stereocenters. The van der Waals surface area contributed by atoms with E-state index in [-0.39, 0.29) is 12.3 Å². The molecule has 3 rings (SSSR count). The van der Waals surface area contributed by atoms with E-state index in [4.69, 9.17) is 18.6 Å². The minimum Gasteiger partial charge on any atom is -0.497 e. The number of nitrogens with zero attached hydrogens (tertiary/aromatic N) is 1. The van der Waals surface area contributed by atoms with Gasteiger partial charge in [0.05, 0.1) is 27.5 Å². The Labute approximate surface area is 163 Å². The molecule has 7 nitrogen and oxygen atoms in total. The summed E-state index contributed by atoms with van der Waals surface area (Å²) in [4.78, 5) is 16.5. The maximum atomic E-state index is 12.2. The van der Waals surface area contributed by atoms with E-state index in [1.165, 1.54) is 0 Å². The number of carbonyl (C=O) groups is 1. The number of aromatic nitrogens is 1. The summed E-state index contributed by atoms with van der Waals surface area (Å²) >= 11 is 0. The van der Waals surface area contributed by atoms with Gasteiger partial charge in [0.2, 0.25) is 5.91 Å². The van der Waals surface area contributed by atoms with Gasteiger partial charge in [-0.25, -0.2) is 4.98 Å². The maximum absolute atomic E-state index is 12.2. The number of ether oxygens (including phenoxy) is 3. The van der Waals surface area contributed by atoms with Crippen molar-refractivity contribution < 1.29 is 23.4 Å². The third-order valence-electron chi connectivity index (χ3n) is 4.14. The number of oxazole rings is 1. The highest BCUT2D eigenvalue weighted by Crippen LogP contribution is 2.30. The molecule has 2 aromatic carbocycles. The third-order valence-corrected chi connectivity index (χ3v) is 4.14. The fourth-order valence-corrected chi connectivity index (χ4v) is 2.69. The summed E-state index contributed by atoms with van der Waals surface area (Å²) in [6.07, 6.45) is 2.28. The number of aryl methyl sites for hydroxylation is 1. The number of nitrogens with one attached hydrogen (secondary N) is 1. The lowest BCUT2D eigenvalue weighted by molar-refractivity contribution is -0.116. The summed E-state index contributed by atoms with van der Waals surface area (Å²) in [5.74, 6) is 2.88. The Morgan fingerprint density at radius 2 is 1.86 bits per heavy atom. The number of amides is 1. The van der Waals surface area contributed by atoms with Gasteiger partial charge in [-0.15, -0.1) is 0 Å². The van der Waals surface area contributed by atoms with Crippen LogP contribution in [-0.2, 0) is 11.2 Å². The van der Waals surface area contributed by atoms with Crippen molar-refractivity contribution in [3.05, 3.63) is 54.6 Å². The number of rotatable bonds is 8. The predicted octanol–water partition coefficient (Wildman–Crippen LogP) is 3.94. The maximum Gasteiger partial charge on any atom is 0.224 e. The molecule has 28 heavy (non-hydrogen) atoms. The predicted molar refractivity (Wildman–Crippen MR) is 105 cm³/mol. The Bertz CT molecular complexity index is 951. The molecule has 1 heterocycles. The van der Waals surface area contributed by atoms with Crippen molar-refractivity contribution >= 4 is 11.6 Å². The van der Waals surface area contributed by atoms with Crippen molar-refractivity contribution in [2.24, 2.45) is 0 Å². The highest BCUT2D eigenvalue weighted by atomic mass is 16.5. The van der Waals surface area contributed by atoms with Crippen LogP contribution in [0.15, 0.2) is 53.1 Å². The van der Waals surface area contributed by atoms with Crippen molar-refractivity contribution in [2.45, 2.75) is 12.8 Å². The van der Waals surface area contributed by atoms with Gasteiger partial charge in [-0.05, 0) is 24.3 Å². The molecule has 0 aliphatic rings. The van der Waals surface area contributed by atoms with Gasteiger partial charge in [-0.3, -0.25) is 4.79 Å². The Morgan fingerprint density at radius 3 is 2.61 bits per heavy atom. The van der Waals surface area contributed by atoms with Crippen LogP contribution in [0.3, 0.4) is 0 Å². The zero-order valence-corrected chi connectivity index (χ0v) is 16.0. The molecule has 7 heteroatoms. The molecule has 1 aromatic heterocycles. The fourth-order valence-electron chi connectivity index (χ4n) is 2.69. The summed E-state index contributed by atoms with van der Waals surface area (Å²) in [5.41, 5.74) is 1.50. The van der Waals surface area contributed by atoms with E-state index in [0.29, 0.717) is 35.3 Å². The number of anilines is 1. The van der Waals surface area contributed by atoms with Gasteiger partial charge in [-0.2, -0.15) is 0 Å². The molecule has 0 aliphatic heterocycles. The molecular weight excluding hydrogens is 360 g/mol. The van der Waals surface area contributed by atoms with E-state index in [2.05, 4.69) is 10.3 Å². The largest absolute Gasteiger partial charge is 0.497 e. The summed E-state index contributed by atoms with van der Waals surface area (Å²) in [6, 6.07) is 12.7. The Kier molecular flexibility index (Phi) is 6.16. The van der Waals surface area contributed by atoms with Gasteiger partial charge in [0.1, 0.15) is 5.75 Å². The summed E-state index contributed by atoms with van der Waals surface area (Å²) in [5, 5.41) is 2.83. The van der Waals surface area contributed by atoms with Gasteiger partial charge < -0.3 is 23.9 Å². The summed E-state index contributed by atoms with van der Waals surface area (Å²) < 4.78 is 21.4. The van der Waals surface area contributed by atoms with Crippen LogP contribution in [0.1, 0.15) is 12.3 Å². The van der Waals surface area contributed by atoms with E-state index < -0.39 is 0 Å². The quantitative estimate of drug-likeness (QED) is 0.635. The molecule has 0 aliphatic carbocycles. The van der Waals surface area contributed by atoms with E-state index in [1.54, 1.807) is 45.7 Å². The molecule has 1 amide bonds. The SMILES string of the molecule is COc1cccc(-c2cnc(CCC(=O)Nc3ccc(OC)c(OC)c3)o2)c1. The van der Waals surface area contributed by atoms with Gasteiger partial charge in [0.25, 0.3) is 0 Å². The first-order valence-corrected chi connectivity index (χ1v) is 8.74. The van der Waals surface area contributed by atoms with Gasteiger partial charge >= 0.3 is 0 Å². The molecule has 0 saturated heterocycles. The number of benzene rings is 2. The first kappa shape index (κ1) is 19.3. The second-order valence-electron chi connectivity index (χ2n) is 5.97. The molecule has 0 radical (unpaired) electrons. The Balaban J connectivity index is 1.58. The van der Waals surface area contributed by atoms with Crippen LogP contribution in [0.25, 0.3) is 11.3 Å². The standard InChI is InChI=1S/C21H22N2O5/c1-25-16-6-4-5-14(11-16)19-13-22-21(28-19)10-9-20(24)23-15-7-8-17(26-2)18(12-15)27-3/h4-8,11-13H,9-10H2,1-3H3,(H,23,24). The highest BCUT2D eigenvalue weighted by Gasteiger charge is 2.11. The van der Waals surface area contributed by atoms with E-state index in [9.17, 15) is 4.79 Å². The molecule has 0 fully saturated rings. The minimum absolute atomic E-state index is 0.145. The molecule has 0 bridgehead atoms. The summed E-state index contributed by atoms with van der Waals surface area (Å²) in [7, 11) is 4.72. The van der Waals surface area contributed by atoms with Crippen LogP contribution in [0.2, 0.25) is 0 Å². The second-order valence-corrected chi connectivity index (χ2v) is 5.97. The van der Waals surface area contributed by atoms with Crippen LogP contribution in [0.4, 0.5) is 5.69 Å². The zero-order valence-electron chi connectivity index (χ0n) is 16.0. The summed E-state index contributed by atoms with van der Waals surface area (Å²) in [6.45, 7) is 0. The van der Waals surface area contributed by atoms with Gasteiger partial charge in [0.15, 0.2) is 23.1 Å². The number of hydrogen-bond donors (Lipinski definition) is 1. The van der Waals surface area contributed by atoms with Crippen molar-refractivity contribution in [3.63, 3.8) is 0 Å².